The smallest absolute Gasteiger partial charge is 0.303 e. The molecular formula is C20H21NO6. The van der Waals surface area contributed by atoms with E-state index in [9.17, 15) is 19.2 Å². The lowest BCUT2D eigenvalue weighted by Crippen LogP contribution is -2.47. The topological polar surface area (TPSA) is 90.0 Å². The number of benzene rings is 1. The van der Waals surface area contributed by atoms with Crippen LogP contribution in [0.5, 0.6) is 0 Å². The molecule has 6 atom stereocenters. The summed E-state index contributed by atoms with van der Waals surface area (Å²) >= 11 is 0. The average Bonchev–Trinajstić information content (AvgIpc) is 3.20. The third-order valence-electron chi connectivity index (χ3n) is 5.93. The summed E-state index contributed by atoms with van der Waals surface area (Å²) in [4.78, 5) is 50.5. The first-order valence-corrected chi connectivity index (χ1v) is 9.08. The van der Waals surface area contributed by atoms with E-state index >= 15 is 0 Å². The van der Waals surface area contributed by atoms with Crippen molar-refractivity contribution in [3.05, 3.63) is 29.8 Å². The predicted octanol–water partition coefficient (Wildman–Crippen LogP) is 1.61. The van der Waals surface area contributed by atoms with Gasteiger partial charge in [0.05, 0.1) is 17.5 Å². The maximum atomic E-state index is 13.1. The molecule has 2 amide bonds. The van der Waals surface area contributed by atoms with Gasteiger partial charge in [-0.15, -0.1) is 0 Å². The Labute approximate surface area is 156 Å². The van der Waals surface area contributed by atoms with Crippen molar-refractivity contribution >= 4 is 29.4 Å². The summed E-state index contributed by atoms with van der Waals surface area (Å²) in [6.07, 6.45) is -0.843. The van der Waals surface area contributed by atoms with Crippen LogP contribution in [0.4, 0.5) is 5.69 Å². The lowest BCUT2D eigenvalue weighted by atomic mass is 9.78. The van der Waals surface area contributed by atoms with Crippen LogP contribution in [0.1, 0.15) is 25.8 Å². The highest BCUT2D eigenvalue weighted by Crippen LogP contribution is 2.58. The molecule has 0 unspecified atom stereocenters. The Morgan fingerprint density at radius 3 is 1.74 bits per heavy atom. The van der Waals surface area contributed by atoms with Crippen LogP contribution in [-0.4, -0.2) is 36.0 Å². The molecule has 1 aromatic carbocycles. The van der Waals surface area contributed by atoms with E-state index in [0.29, 0.717) is 12.1 Å². The number of carbonyl (C=O) groups is 4. The molecule has 0 spiro atoms. The van der Waals surface area contributed by atoms with Crippen molar-refractivity contribution in [2.24, 2.45) is 23.7 Å². The quantitative estimate of drug-likeness (QED) is 0.592. The molecule has 1 heterocycles. The summed E-state index contributed by atoms with van der Waals surface area (Å²) in [5.41, 5.74) is 1.57. The molecule has 1 saturated heterocycles. The summed E-state index contributed by atoms with van der Waals surface area (Å²) in [5.74, 6) is -3.23. The normalized spacial score (nSPS) is 34.0. The molecule has 1 aromatic rings. The van der Waals surface area contributed by atoms with E-state index in [1.807, 2.05) is 19.1 Å². The fourth-order valence-electron chi connectivity index (χ4n) is 5.03. The Bertz CT molecular complexity index is 785. The van der Waals surface area contributed by atoms with Gasteiger partial charge in [-0.3, -0.25) is 24.1 Å². The van der Waals surface area contributed by atoms with Crippen molar-refractivity contribution < 1.29 is 28.7 Å². The van der Waals surface area contributed by atoms with Crippen LogP contribution in [-0.2, 0) is 28.7 Å². The fourth-order valence-corrected chi connectivity index (χ4v) is 5.03. The summed E-state index contributed by atoms with van der Waals surface area (Å²) in [7, 11) is 0. The van der Waals surface area contributed by atoms with Crippen LogP contribution in [0.25, 0.3) is 0 Å². The SMILES string of the molecule is CC(=O)O[C@@H]1[C@H]2C[C@@H]([C@@H]1OC(C)=O)[C@@H]1C(=O)N(c3ccc(C)cc3)C(=O)[C@H]21. The molecule has 0 radical (unpaired) electrons. The zero-order valence-corrected chi connectivity index (χ0v) is 15.4. The molecule has 27 heavy (non-hydrogen) atoms. The largest absolute Gasteiger partial charge is 0.458 e. The van der Waals surface area contributed by atoms with Gasteiger partial charge in [0.25, 0.3) is 0 Å². The Kier molecular flexibility index (Phi) is 4.05. The molecule has 1 aliphatic heterocycles. The molecule has 2 aliphatic carbocycles. The number of hydrogen-bond donors (Lipinski definition) is 0. The lowest BCUT2D eigenvalue weighted by molar-refractivity contribution is -0.175. The van der Waals surface area contributed by atoms with E-state index in [4.69, 9.17) is 9.47 Å². The monoisotopic (exact) mass is 371 g/mol. The Hall–Kier alpha value is -2.70. The molecule has 7 nitrogen and oxygen atoms in total. The second-order valence-corrected chi connectivity index (χ2v) is 7.61. The molecule has 2 saturated carbocycles. The van der Waals surface area contributed by atoms with Gasteiger partial charge in [-0.25, -0.2) is 0 Å². The zero-order valence-electron chi connectivity index (χ0n) is 15.4. The van der Waals surface area contributed by atoms with Gasteiger partial charge in [0.15, 0.2) is 0 Å². The number of nitrogens with zero attached hydrogens (tertiary/aromatic N) is 1. The molecule has 0 aromatic heterocycles. The van der Waals surface area contributed by atoms with Crippen molar-refractivity contribution in [2.45, 2.75) is 39.4 Å². The first-order chi connectivity index (χ1) is 12.8. The minimum absolute atomic E-state index is 0.264. The van der Waals surface area contributed by atoms with Gasteiger partial charge in [0, 0.05) is 25.7 Å². The third-order valence-corrected chi connectivity index (χ3v) is 5.93. The number of esters is 2. The number of amides is 2. The van der Waals surface area contributed by atoms with Crippen LogP contribution in [0.15, 0.2) is 24.3 Å². The number of fused-ring (bicyclic) bond motifs is 5. The highest BCUT2D eigenvalue weighted by Gasteiger charge is 2.69. The van der Waals surface area contributed by atoms with Gasteiger partial charge >= 0.3 is 11.9 Å². The van der Waals surface area contributed by atoms with E-state index in [1.165, 1.54) is 18.7 Å². The van der Waals surface area contributed by atoms with Crippen LogP contribution in [0.2, 0.25) is 0 Å². The number of aryl methyl sites for hydroxylation is 1. The summed E-state index contributed by atoms with van der Waals surface area (Å²) < 4.78 is 10.8. The van der Waals surface area contributed by atoms with E-state index in [2.05, 4.69) is 0 Å². The molecule has 142 valence electrons. The minimum atomic E-state index is -0.688. The minimum Gasteiger partial charge on any atom is -0.458 e. The van der Waals surface area contributed by atoms with Gasteiger partial charge in [-0.1, -0.05) is 17.7 Å². The zero-order chi connectivity index (χ0) is 19.5. The number of imide groups is 1. The van der Waals surface area contributed by atoms with E-state index in [0.717, 1.165) is 5.56 Å². The first-order valence-electron chi connectivity index (χ1n) is 9.08. The van der Waals surface area contributed by atoms with Crippen molar-refractivity contribution in [1.82, 2.24) is 0 Å². The highest BCUT2D eigenvalue weighted by molar-refractivity contribution is 6.22. The van der Waals surface area contributed by atoms with Gasteiger partial charge in [-0.05, 0) is 25.5 Å². The van der Waals surface area contributed by atoms with Gasteiger partial charge in [0.1, 0.15) is 12.2 Å². The van der Waals surface area contributed by atoms with Crippen LogP contribution in [0, 0.1) is 30.6 Å². The van der Waals surface area contributed by atoms with Crippen LogP contribution < -0.4 is 4.90 Å². The second-order valence-electron chi connectivity index (χ2n) is 7.61. The van der Waals surface area contributed by atoms with Crippen molar-refractivity contribution in [2.75, 3.05) is 4.90 Å². The van der Waals surface area contributed by atoms with E-state index in [1.54, 1.807) is 12.1 Å². The molecule has 0 N–H and O–H groups in total. The number of carbonyl (C=O) groups excluding carboxylic acids is 4. The Morgan fingerprint density at radius 2 is 1.33 bits per heavy atom. The fraction of sp³-hybridized carbons (Fsp3) is 0.500. The number of hydrogen-bond acceptors (Lipinski definition) is 6. The maximum absolute atomic E-state index is 13.1. The summed E-state index contributed by atoms with van der Waals surface area (Å²) in [5, 5.41) is 0. The molecule has 2 bridgehead atoms. The lowest BCUT2D eigenvalue weighted by Gasteiger charge is -2.34. The van der Waals surface area contributed by atoms with Gasteiger partial charge < -0.3 is 9.47 Å². The Morgan fingerprint density at radius 1 is 0.889 bits per heavy atom. The highest BCUT2D eigenvalue weighted by atomic mass is 16.6. The molecule has 7 heteroatoms. The van der Waals surface area contributed by atoms with Gasteiger partial charge in [0.2, 0.25) is 11.8 Å². The molecule has 3 aliphatic rings. The summed E-state index contributed by atoms with van der Waals surface area (Å²) in [6, 6.07) is 7.20. The third kappa shape index (κ3) is 2.64. The van der Waals surface area contributed by atoms with Gasteiger partial charge in [-0.2, -0.15) is 0 Å². The van der Waals surface area contributed by atoms with Crippen molar-refractivity contribution in [3.63, 3.8) is 0 Å². The summed E-state index contributed by atoms with van der Waals surface area (Å²) in [6.45, 7) is 4.50. The first kappa shape index (κ1) is 17.7. The standard InChI is InChI=1S/C20H21NO6/c1-9-4-6-12(7-5-9)21-19(24)15-13-8-14(16(15)20(21)25)18(27-11(3)23)17(13)26-10(2)22/h4-7,13-18H,8H2,1-3H3/t13-,14+,15+,16-,17+,18-. The Balaban J connectivity index is 1.68. The molecule has 4 rings (SSSR count). The number of anilines is 1. The molecular weight excluding hydrogens is 350 g/mol. The number of ether oxygens (including phenoxy) is 2. The molecule has 3 fully saturated rings. The predicted molar refractivity (Wildman–Crippen MR) is 93.4 cm³/mol. The number of rotatable bonds is 3. The maximum Gasteiger partial charge on any atom is 0.303 e. The van der Waals surface area contributed by atoms with Crippen LogP contribution >= 0.6 is 0 Å². The second kappa shape index (κ2) is 6.18. The van der Waals surface area contributed by atoms with E-state index in [-0.39, 0.29) is 23.7 Å². The van der Waals surface area contributed by atoms with Crippen LogP contribution in [0.3, 0.4) is 0 Å². The van der Waals surface area contributed by atoms with Crippen molar-refractivity contribution in [1.29, 1.82) is 0 Å². The van der Waals surface area contributed by atoms with Crippen molar-refractivity contribution in [3.8, 4) is 0 Å². The van der Waals surface area contributed by atoms with E-state index < -0.39 is 36.0 Å². The average molecular weight is 371 g/mol.